The van der Waals surface area contributed by atoms with E-state index >= 15 is 0 Å². The van der Waals surface area contributed by atoms with Crippen LogP contribution in [0.5, 0.6) is 0 Å². The van der Waals surface area contributed by atoms with Crippen molar-refractivity contribution in [1.29, 1.82) is 0 Å². The van der Waals surface area contributed by atoms with Gasteiger partial charge >= 0.3 is 0 Å². The number of hydrogen-bond donors (Lipinski definition) is 1. The van der Waals surface area contributed by atoms with Crippen molar-refractivity contribution in [2.45, 2.75) is 26.4 Å². The fourth-order valence-corrected chi connectivity index (χ4v) is 3.49. The van der Waals surface area contributed by atoms with Gasteiger partial charge in [-0.15, -0.1) is 0 Å². The number of aryl methyl sites for hydroxylation is 2. The number of amides is 1. The van der Waals surface area contributed by atoms with E-state index in [9.17, 15) is 4.79 Å². The van der Waals surface area contributed by atoms with Crippen LogP contribution in [-0.2, 0) is 29.7 Å². The van der Waals surface area contributed by atoms with E-state index in [-0.39, 0.29) is 11.8 Å². The highest BCUT2D eigenvalue weighted by Gasteiger charge is 2.29. The van der Waals surface area contributed by atoms with Gasteiger partial charge in [0, 0.05) is 24.9 Å². The Hall–Kier alpha value is -2.93. The number of hydrogen-bond acceptors (Lipinski definition) is 4. The van der Waals surface area contributed by atoms with Crippen LogP contribution >= 0.6 is 0 Å². The molecular weight excluding hydrogens is 354 g/mol. The van der Waals surface area contributed by atoms with Crippen molar-refractivity contribution in [2.24, 2.45) is 13.0 Å². The zero-order chi connectivity index (χ0) is 19.5. The van der Waals surface area contributed by atoms with E-state index in [0.717, 1.165) is 34.9 Å². The summed E-state index contributed by atoms with van der Waals surface area (Å²) < 4.78 is 7.26. The van der Waals surface area contributed by atoms with Crippen LogP contribution in [0.15, 0.2) is 42.6 Å². The Labute approximate surface area is 164 Å². The van der Waals surface area contributed by atoms with Crippen molar-refractivity contribution < 1.29 is 9.53 Å². The highest BCUT2D eigenvalue weighted by atomic mass is 16.5. The molecule has 3 heterocycles. The molecule has 1 aliphatic heterocycles. The van der Waals surface area contributed by atoms with E-state index < -0.39 is 0 Å². The lowest BCUT2D eigenvalue weighted by Crippen LogP contribution is -2.35. The van der Waals surface area contributed by atoms with Gasteiger partial charge in [-0.3, -0.25) is 9.48 Å². The van der Waals surface area contributed by atoms with E-state index in [1.807, 2.05) is 60.0 Å². The molecule has 4 rings (SSSR count). The van der Waals surface area contributed by atoms with Crippen LogP contribution in [-0.4, -0.2) is 43.8 Å². The summed E-state index contributed by atoms with van der Waals surface area (Å²) in [5, 5.41) is 4.52. The summed E-state index contributed by atoms with van der Waals surface area (Å²) in [5.41, 5.74) is 3.88. The number of benzene rings is 1. The molecule has 1 atom stereocenters. The second-order valence-electron chi connectivity index (χ2n) is 7.28. The SMILES string of the molecule is Cc1cc(CN(Cc2cnc(-c3ccccc3)[nH]2)C(=O)C2CCOC2)nn1C. The van der Waals surface area contributed by atoms with E-state index in [1.54, 1.807) is 6.20 Å². The lowest BCUT2D eigenvalue weighted by Gasteiger charge is -2.24. The van der Waals surface area contributed by atoms with Gasteiger partial charge in [0.1, 0.15) is 5.82 Å². The minimum absolute atomic E-state index is 0.0821. The standard InChI is InChI=1S/C21H25N5O2/c1-15-10-18(24-25(15)2)12-26(21(27)17-8-9-28-14-17)13-19-11-22-20(23-19)16-6-4-3-5-7-16/h3-7,10-11,17H,8-9,12-14H2,1-2H3,(H,22,23). The first-order valence-corrected chi connectivity index (χ1v) is 9.55. The largest absolute Gasteiger partial charge is 0.381 e. The third-order valence-electron chi connectivity index (χ3n) is 5.14. The van der Waals surface area contributed by atoms with Crippen molar-refractivity contribution in [3.63, 3.8) is 0 Å². The number of H-pyrrole nitrogens is 1. The molecule has 1 saturated heterocycles. The maximum Gasteiger partial charge on any atom is 0.228 e. The lowest BCUT2D eigenvalue weighted by atomic mass is 10.1. The van der Waals surface area contributed by atoms with Crippen LogP contribution in [0.2, 0.25) is 0 Å². The number of carbonyl (C=O) groups excluding carboxylic acids is 1. The highest BCUT2D eigenvalue weighted by Crippen LogP contribution is 2.20. The van der Waals surface area contributed by atoms with E-state index in [2.05, 4.69) is 15.1 Å². The average Bonchev–Trinajstić information content (AvgIpc) is 3.44. The maximum atomic E-state index is 13.1. The molecule has 1 N–H and O–H groups in total. The first-order chi connectivity index (χ1) is 13.6. The minimum Gasteiger partial charge on any atom is -0.381 e. The van der Waals surface area contributed by atoms with E-state index in [4.69, 9.17) is 4.74 Å². The van der Waals surface area contributed by atoms with Crippen LogP contribution < -0.4 is 0 Å². The Morgan fingerprint density at radius 1 is 1.32 bits per heavy atom. The number of nitrogens with zero attached hydrogens (tertiary/aromatic N) is 4. The van der Waals surface area contributed by atoms with Gasteiger partial charge in [-0.1, -0.05) is 30.3 Å². The number of imidazole rings is 1. The molecule has 0 radical (unpaired) electrons. The summed E-state index contributed by atoms with van der Waals surface area (Å²) in [4.78, 5) is 22.8. The summed E-state index contributed by atoms with van der Waals surface area (Å²) in [6.07, 6.45) is 2.58. The highest BCUT2D eigenvalue weighted by molar-refractivity contribution is 5.79. The molecule has 0 spiro atoms. The Morgan fingerprint density at radius 2 is 2.14 bits per heavy atom. The average molecular weight is 379 g/mol. The predicted octanol–water partition coefficient (Wildman–Crippen LogP) is 2.68. The molecule has 7 heteroatoms. The van der Waals surface area contributed by atoms with Gasteiger partial charge in [-0.05, 0) is 19.4 Å². The fraction of sp³-hybridized carbons (Fsp3) is 0.381. The lowest BCUT2D eigenvalue weighted by molar-refractivity contribution is -0.136. The topological polar surface area (TPSA) is 76.0 Å². The molecule has 1 amide bonds. The fourth-order valence-electron chi connectivity index (χ4n) is 3.49. The smallest absolute Gasteiger partial charge is 0.228 e. The number of rotatable bonds is 6. The van der Waals surface area contributed by atoms with Crippen LogP contribution in [0.3, 0.4) is 0 Å². The van der Waals surface area contributed by atoms with Gasteiger partial charge in [0.15, 0.2) is 0 Å². The van der Waals surface area contributed by atoms with Crippen molar-refractivity contribution >= 4 is 5.91 Å². The van der Waals surface area contributed by atoms with Crippen LogP contribution in [0.1, 0.15) is 23.5 Å². The minimum atomic E-state index is -0.0821. The first kappa shape index (κ1) is 18.4. The zero-order valence-electron chi connectivity index (χ0n) is 16.3. The van der Waals surface area contributed by atoms with Crippen molar-refractivity contribution in [2.75, 3.05) is 13.2 Å². The molecule has 2 aromatic heterocycles. The molecule has 3 aromatic rings. The Bertz CT molecular complexity index is 921. The molecule has 1 aromatic carbocycles. The van der Waals surface area contributed by atoms with Crippen LogP contribution in [0.25, 0.3) is 11.4 Å². The first-order valence-electron chi connectivity index (χ1n) is 9.55. The molecule has 7 nitrogen and oxygen atoms in total. The Morgan fingerprint density at radius 3 is 2.82 bits per heavy atom. The predicted molar refractivity (Wildman–Crippen MR) is 105 cm³/mol. The second kappa shape index (κ2) is 7.98. The van der Waals surface area contributed by atoms with Crippen molar-refractivity contribution in [3.8, 4) is 11.4 Å². The number of carbonyl (C=O) groups is 1. The molecule has 0 bridgehead atoms. The number of aromatic amines is 1. The summed E-state index contributed by atoms with van der Waals surface area (Å²) in [6, 6.07) is 12.0. The number of aromatic nitrogens is 4. The van der Waals surface area contributed by atoms with Gasteiger partial charge in [0.05, 0.1) is 43.2 Å². The van der Waals surface area contributed by atoms with Crippen LogP contribution in [0.4, 0.5) is 0 Å². The molecule has 0 aliphatic carbocycles. The van der Waals surface area contributed by atoms with Crippen molar-refractivity contribution in [3.05, 3.63) is 59.7 Å². The van der Waals surface area contributed by atoms with Crippen molar-refractivity contribution in [1.82, 2.24) is 24.6 Å². The summed E-state index contributed by atoms with van der Waals surface area (Å²) in [5.74, 6) is 0.832. The third-order valence-corrected chi connectivity index (χ3v) is 5.14. The molecule has 1 fully saturated rings. The van der Waals surface area contributed by atoms with Gasteiger partial charge in [-0.2, -0.15) is 5.10 Å². The molecule has 0 saturated carbocycles. The van der Waals surface area contributed by atoms with Crippen LogP contribution in [0, 0.1) is 12.8 Å². The Kier molecular flexibility index (Phi) is 5.25. The summed E-state index contributed by atoms with van der Waals surface area (Å²) in [7, 11) is 1.91. The van der Waals surface area contributed by atoms with Gasteiger partial charge < -0.3 is 14.6 Å². The van der Waals surface area contributed by atoms with Gasteiger partial charge in [-0.25, -0.2) is 4.98 Å². The molecular formula is C21H25N5O2. The monoisotopic (exact) mass is 379 g/mol. The normalized spacial score (nSPS) is 16.4. The zero-order valence-corrected chi connectivity index (χ0v) is 16.3. The Balaban J connectivity index is 1.54. The van der Waals surface area contributed by atoms with E-state index in [0.29, 0.717) is 26.3 Å². The number of nitrogens with one attached hydrogen (secondary N) is 1. The quantitative estimate of drug-likeness (QED) is 0.714. The molecule has 28 heavy (non-hydrogen) atoms. The molecule has 146 valence electrons. The number of ether oxygens (including phenoxy) is 1. The molecule has 1 unspecified atom stereocenters. The second-order valence-corrected chi connectivity index (χ2v) is 7.28. The maximum absolute atomic E-state index is 13.1. The van der Waals surface area contributed by atoms with E-state index in [1.165, 1.54) is 0 Å². The van der Waals surface area contributed by atoms with Gasteiger partial charge in [0.2, 0.25) is 5.91 Å². The summed E-state index contributed by atoms with van der Waals surface area (Å²) >= 11 is 0. The third kappa shape index (κ3) is 3.99. The summed E-state index contributed by atoms with van der Waals surface area (Å²) in [6.45, 7) is 4.08. The molecule has 1 aliphatic rings. The van der Waals surface area contributed by atoms with Gasteiger partial charge in [0.25, 0.3) is 0 Å².